The lowest BCUT2D eigenvalue weighted by Gasteiger charge is -2.36. The van der Waals surface area contributed by atoms with Gasteiger partial charge in [-0.25, -0.2) is 0 Å². The highest BCUT2D eigenvalue weighted by Gasteiger charge is 2.36. The van der Waals surface area contributed by atoms with E-state index >= 15 is 0 Å². The van der Waals surface area contributed by atoms with Gasteiger partial charge in [-0.05, 0) is 56.1 Å². The average molecular weight is 200 g/mol. The van der Waals surface area contributed by atoms with E-state index < -0.39 is 0 Å². The maximum Gasteiger partial charge on any atom is 0.0696 e. The zero-order valence-electron chi connectivity index (χ0n) is 8.95. The highest BCUT2D eigenvalue weighted by Crippen LogP contribution is 2.49. The Labute approximate surface area is 90.1 Å². The molecule has 0 radical (unpaired) electrons. The molecule has 5 rings (SSSR count). The van der Waals surface area contributed by atoms with Gasteiger partial charge in [-0.2, -0.15) is 10.2 Å². The Hall–Kier alpha value is -0.920. The van der Waals surface area contributed by atoms with Gasteiger partial charge in [-0.3, -0.25) is 0 Å². The largest absolute Gasteiger partial charge is 0.155 e. The van der Waals surface area contributed by atoms with Crippen LogP contribution in [0.3, 0.4) is 0 Å². The molecule has 2 saturated carbocycles. The summed E-state index contributed by atoms with van der Waals surface area (Å²) < 4.78 is 0. The molecule has 0 saturated heterocycles. The zero-order valence-corrected chi connectivity index (χ0v) is 8.95. The summed E-state index contributed by atoms with van der Waals surface area (Å²) in [5.74, 6) is 2.31. The first kappa shape index (κ1) is 8.26. The summed E-state index contributed by atoms with van der Waals surface area (Å²) in [5, 5.41) is 8.94. The molecule has 0 atom stereocenters. The van der Waals surface area contributed by atoms with Gasteiger partial charge in [-0.1, -0.05) is 0 Å². The van der Waals surface area contributed by atoms with Crippen LogP contribution in [0.4, 0.5) is 0 Å². The zero-order chi connectivity index (χ0) is 9.83. The summed E-state index contributed by atoms with van der Waals surface area (Å²) in [7, 11) is 0. The Balaban J connectivity index is 1.83. The first-order chi connectivity index (χ1) is 7.42. The van der Waals surface area contributed by atoms with Crippen molar-refractivity contribution in [3.05, 3.63) is 23.0 Å². The molecule has 2 nitrogen and oxygen atoms in total. The number of hydrogen-bond donors (Lipinski definition) is 0. The van der Waals surface area contributed by atoms with Gasteiger partial charge in [0.2, 0.25) is 0 Å². The fourth-order valence-corrected chi connectivity index (χ4v) is 3.33. The van der Waals surface area contributed by atoms with E-state index in [4.69, 9.17) is 0 Å². The number of rotatable bonds is 1. The second kappa shape index (κ2) is 2.81. The quantitative estimate of drug-likeness (QED) is 0.696. The molecule has 0 spiro atoms. The van der Waals surface area contributed by atoms with Gasteiger partial charge < -0.3 is 0 Å². The van der Waals surface area contributed by atoms with Crippen molar-refractivity contribution in [2.75, 3.05) is 0 Å². The van der Waals surface area contributed by atoms with Crippen LogP contribution in [0.25, 0.3) is 0 Å². The minimum absolute atomic E-state index is 0.741. The molecule has 1 aromatic rings. The lowest BCUT2D eigenvalue weighted by molar-refractivity contribution is 0.347. The van der Waals surface area contributed by atoms with Crippen LogP contribution in [0, 0.1) is 0 Å². The fourth-order valence-electron chi connectivity index (χ4n) is 3.33. The molecule has 4 aliphatic rings. The number of hydrogen-bond acceptors (Lipinski definition) is 2. The summed E-state index contributed by atoms with van der Waals surface area (Å²) in [6.07, 6.45) is 8.17. The number of fused-ring (bicyclic) bond motifs is 2. The molecule has 0 N–H and O–H groups in total. The lowest BCUT2D eigenvalue weighted by atomic mass is 9.69. The molecule has 1 aromatic heterocycles. The summed E-state index contributed by atoms with van der Waals surface area (Å²) >= 11 is 0. The first-order valence-electron chi connectivity index (χ1n) is 6.29. The van der Waals surface area contributed by atoms with Crippen LogP contribution in [-0.4, -0.2) is 10.2 Å². The van der Waals surface area contributed by atoms with Crippen molar-refractivity contribution < 1.29 is 0 Å². The second-order valence-corrected chi connectivity index (χ2v) is 5.43. The van der Waals surface area contributed by atoms with E-state index in [0.29, 0.717) is 0 Å². The van der Waals surface area contributed by atoms with Crippen molar-refractivity contribution in [3.63, 3.8) is 0 Å². The van der Waals surface area contributed by atoms with Crippen LogP contribution in [0.1, 0.15) is 73.2 Å². The highest BCUT2D eigenvalue weighted by molar-refractivity contribution is 5.34. The van der Waals surface area contributed by atoms with E-state index in [2.05, 4.69) is 16.3 Å². The van der Waals surface area contributed by atoms with Gasteiger partial charge in [-0.15, -0.1) is 0 Å². The topological polar surface area (TPSA) is 25.8 Å². The summed E-state index contributed by atoms with van der Waals surface area (Å²) in [6, 6.07) is 2.38. The Kier molecular flexibility index (Phi) is 1.54. The fraction of sp³-hybridized carbons (Fsp3) is 0.692. The van der Waals surface area contributed by atoms with Crippen molar-refractivity contribution in [1.82, 2.24) is 10.2 Å². The van der Waals surface area contributed by atoms with Gasteiger partial charge in [0, 0.05) is 11.8 Å². The summed E-state index contributed by atoms with van der Waals surface area (Å²) in [5.41, 5.74) is 4.19. The Morgan fingerprint density at radius 1 is 0.800 bits per heavy atom. The standard InChI is InChI=1S/C13H16N2/c1-5-10-6-2-8(1)11-7-12(9-3-4-9)14-15-13(10)11/h7-10H,1-6H2. The lowest BCUT2D eigenvalue weighted by Crippen LogP contribution is -2.23. The molecule has 0 unspecified atom stereocenters. The van der Waals surface area contributed by atoms with Gasteiger partial charge in [0.15, 0.2) is 0 Å². The molecule has 2 bridgehead atoms. The van der Waals surface area contributed by atoms with E-state index in [1.807, 2.05) is 0 Å². The van der Waals surface area contributed by atoms with E-state index in [0.717, 1.165) is 17.8 Å². The molecule has 1 heterocycles. The molecular formula is C13H16N2. The van der Waals surface area contributed by atoms with Crippen molar-refractivity contribution in [1.29, 1.82) is 0 Å². The van der Waals surface area contributed by atoms with E-state index in [1.54, 1.807) is 5.56 Å². The monoisotopic (exact) mass is 200 g/mol. The highest BCUT2D eigenvalue weighted by atomic mass is 15.1. The molecule has 15 heavy (non-hydrogen) atoms. The predicted octanol–water partition coefficient (Wildman–Crippen LogP) is 3.11. The van der Waals surface area contributed by atoms with Crippen molar-refractivity contribution in [2.24, 2.45) is 0 Å². The van der Waals surface area contributed by atoms with Crippen molar-refractivity contribution in [3.8, 4) is 0 Å². The van der Waals surface area contributed by atoms with Gasteiger partial charge in [0.25, 0.3) is 0 Å². The Bertz CT molecular complexity index is 401. The summed E-state index contributed by atoms with van der Waals surface area (Å²) in [4.78, 5) is 0. The molecule has 78 valence electrons. The van der Waals surface area contributed by atoms with Crippen molar-refractivity contribution >= 4 is 0 Å². The third-order valence-corrected chi connectivity index (χ3v) is 4.42. The van der Waals surface area contributed by atoms with Crippen LogP contribution < -0.4 is 0 Å². The molecular weight excluding hydrogens is 184 g/mol. The van der Waals surface area contributed by atoms with Gasteiger partial charge in [0.05, 0.1) is 11.4 Å². The number of nitrogens with zero attached hydrogens (tertiary/aromatic N) is 2. The first-order valence-corrected chi connectivity index (χ1v) is 6.29. The van der Waals surface area contributed by atoms with Crippen molar-refractivity contribution in [2.45, 2.75) is 56.3 Å². The Morgan fingerprint density at radius 3 is 2.20 bits per heavy atom. The normalized spacial score (nSPS) is 32.8. The van der Waals surface area contributed by atoms with Crippen LogP contribution in [-0.2, 0) is 0 Å². The smallest absolute Gasteiger partial charge is 0.0696 e. The van der Waals surface area contributed by atoms with Crippen LogP contribution in [0.5, 0.6) is 0 Å². The minimum atomic E-state index is 0.741. The molecule has 0 amide bonds. The Morgan fingerprint density at radius 2 is 1.47 bits per heavy atom. The molecule has 4 aliphatic carbocycles. The maximum atomic E-state index is 4.51. The SMILES string of the molecule is c1c(C2CC2)nnc2c1C1CCC2CC1. The predicted molar refractivity (Wildman–Crippen MR) is 58.0 cm³/mol. The van der Waals surface area contributed by atoms with E-state index in [1.165, 1.54) is 49.9 Å². The van der Waals surface area contributed by atoms with Crippen LogP contribution in [0.15, 0.2) is 6.07 Å². The molecule has 0 aromatic carbocycles. The maximum absolute atomic E-state index is 4.51. The van der Waals surface area contributed by atoms with Crippen LogP contribution >= 0.6 is 0 Å². The minimum Gasteiger partial charge on any atom is -0.155 e. The molecule has 2 heteroatoms. The van der Waals surface area contributed by atoms with Crippen LogP contribution in [0.2, 0.25) is 0 Å². The van der Waals surface area contributed by atoms with Gasteiger partial charge in [0.1, 0.15) is 0 Å². The van der Waals surface area contributed by atoms with E-state index in [-0.39, 0.29) is 0 Å². The average Bonchev–Trinajstić information content (AvgIpc) is 3.14. The van der Waals surface area contributed by atoms with Gasteiger partial charge >= 0.3 is 0 Å². The summed E-state index contributed by atoms with van der Waals surface area (Å²) in [6.45, 7) is 0. The number of aromatic nitrogens is 2. The third kappa shape index (κ3) is 1.17. The third-order valence-electron chi connectivity index (χ3n) is 4.42. The molecule has 2 fully saturated rings. The van der Waals surface area contributed by atoms with E-state index in [9.17, 15) is 0 Å². The molecule has 0 aliphatic heterocycles. The second-order valence-electron chi connectivity index (χ2n) is 5.43.